The van der Waals surface area contributed by atoms with Crippen LogP contribution in [0.2, 0.25) is 0 Å². The number of nitrogens with one attached hydrogen (secondary N) is 2. The van der Waals surface area contributed by atoms with Gasteiger partial charge in [0.25, 0.3) is 5.56 Å². The van der Waals surface area contributed by atoms with Crippen LogP contribution in [0.5, 0.6) is 0 Å². The van der Waals surface area contributed by atoms with Crippen LogP contribution in [0.3, 0.4) is 0 Å². The van der Waals surface area contributed by atoms with Crippen molar-refractivity contribution in [1.82, 2.24) is 19.9 Å². The molecule has 10 heteroatoms. The van der Waals surface area contributed by atoms with E-state index in [1.54, 1.807) is 18.3 Å². The first-order valence-electron chi connectivity index (χ1n) is 15.6. The highest BCUT2D eigenvalue weighted by molar-refractivity contribution is 5.77. The minimum atomic E-state index is -4.57. The number of hydrogen-bond donors (Lipinski definition) is 2. The van der Waals surface area contributed by atoms with Crippen LogP contribution in [-0.4, -0.2) is 40.7 Å². The first-order valence-corrected chi connectivity index (χ1v) is 15.6. The molecule has 0 bridgehead atoms. The molecule has 1 saturated carbocycles. The fourth-order valence-corrected chi connectivity index (χ4v) is 6.30. The molecule has 2 aliphatic rings. The minimum Gasteiger partial charge on any atom is -0.372 e. The fourth-order valence-electron chi connectivity index (χ4n) is 6.30. The molecule has 0 unspecified atom stereocenters. The van der Waals surface area contributed by atoms with E-state index in [1.807, 2.05) is 24.3 Å². The van der Waals surface area contributed by atoms with E-state index in [-0.39, 0.29) is 35.2 Å². The van der Waals surface area contributed by atoms with Crippen LogP contribution in [0.25, 0.3) is 11.0 Å². The van der Waals surface area contributed by atoms with Gasteiger partial charge in [0.15, 0.2) is 0 Å². The van der Waals surface area contributed by atoms with Gasteiger partial charge in [0.05, 0.1) is 17.7 Å². The number of pyridine rings is 1. The molecule has 0 radical (unpaired) electrons. The molecule has 234 valence electrons. The summed E-state index contributed by atoms with van der Waals surface area (Å²) < 4.78 is 43.0. The maximum Gasteiger partial charge on any atom is 0.416 e. The van der Waals surface area contributed by atoms with Crippen LogP contribution in [0.4, 0.5) is 30.5 Å². The molecule has 2 N–H and O–H groups in total. The first-order chi connectivity index (χ1) is 21.8. The number of hydrogen-bond acceptors (Lipinski definition) is 6. The molecule has 6 rings (SSSR count). The number of anilines is 3. The fraction of sp³-hybridized carbons (Fsp3) is 0.400. The standard InChI is InChI=1S/C35H37F3N6O/c1-43(30-17-19-39-20-18-30)29-15-13-28(14-16-29)41-34-40-22-27-21-25(12-11-24-7-3-2-4-8-24)33(45)44(32(27)42-34)23-26-9-5-6-10-31(26)35(36,37)38/h5-6,9-10,13-16,21-22,24,30,39H,2-4,7-8,17-20,23H2,1H3,(H,40,41,42). The van der Waals surface area contributed by atoms with Crippen LogP contribution in [0.15, 0.2) is 65.6 Å². The maximum atomic E-state index is 13.9. The molecule has 4 aromatic rings. The molecule has 0 spiro atoms. The van der Waals surface area contributed by atoms with Crippen LogP contribution < -0.4 is 21.1 Å². The molecule has 2 aromatic heterocycles. The summed E-state index contributed by atoms with van der Waals surface area (Å²) in [6.45, 7) is 1.71. The third-order valence-electron chi connectivity index (χ3n) is 8.88. The highest BCUT2D eigenvalue weighted by Gasteiger charge is 2.33. The number of fused-ring (bicyclic) bond motifs is 1. The van der Waals surface area contributed by atoms with Crippen LogP contribution in [-0.2, 0) is 12.7 Å². The van der Waals surface area contributed by atoms with Crippen LogP contribution >= 0.6 is 0 Å². The first kappa shape index (κ1) is 30.7. The van der Waals surface area contributed by atoms with Gasteiger partial charge in [-0.15, -0.1) is 0 Å². The van der Waals surface area contributed by atoms with Crippen LogP contribution in [0, 0.1) is 17.8 Å². The van der Waals surface area contributed by atoms with E-state index in [0.717, 1.165) is 69.1 Å². The Labute approximate surface area is 260 Å². The lowest BCUT2D eigenvalue weighted by Gasteiger charge is -2.33. The summed E-state index contributed by atoms with van der Waals surface area (Å²) in [4.78, 5) is 25.2. The van der Waals surface area contributed by atoms with Gasteiger partial charge in [-0.2, -0.15) is 18.2 Å². The zero-order chi connectivity index (χ0) is 31.4. The number of alkyl halides is 3. The predicted molar refractivity (Wildman–Crippen MR) is 172 cm³/mol. The largest absolute Gasteiger partial charge is 0.416 e. The number of benzene rings is 2. The monoisotopic (exact) mass is 614 g/mol. The quantitative estimate of drug-likeness (QED) is 0.235. The number of halogens is 3. The van der Waals surface area contributed by atoms with Gasteiger partial charge in [-0.05, 0) is 80.7 Å². The Hall–Kier alpha value is -4.36. The minimum absolute atomic E-state index is 0.0210. The van der Waals surface area contributed by atoms with Gasteiger partial charge in [-0.25, -0.2) is 4.98 Å². The molecule has 7 nitrogen and oxygen atoms in total. The van der Waals surface area contributed by atoms with Gasteiger partial charge >= 0.3 is 6.18 Å². The Morgan fingerprint density at radius 2 is 1.76 bits per heavy atom. The second-order valence-corrected chi connectivity index (χ2v) is 11.9. The lowest BCUT2D eigenvalue weighted by Crippen LogP contribution is -2.41. The average molecular weight is 615 g/mol. The molecular weight excluding hydrogens is 577 g/mol. The number of rotatable bonds is 6. The van der Waals surface area contributed by atoms with E-state index < -0.39 is 17.3 Å². The Kier molecular flexibility index (Phi) is 9.08. The van der Waals surface area contributed by atoms with Gasteiger partial charge in [-0.1, -0.05) is 49.3 Å². The normalized spacial score (nSPS) is 16.3. The molecule has 1 saturated heterocycles. The summed E-state index contributed by atoms with van der Waals surface area (Å²) >= 11 is 0. The van der Waals surface area contributed by atoms with E-state index in [0.29, 0.717) is 11.4 Å². The van der Waals surface area contributed by atoms with Gasteiger partial charge in [0.2, 0.25) is 5.95 Å². The Morgan fingerprint density at radius 1 is 1.02 bits per heavy atom. The van der Waals surface area contributed by atoms with Crippen molar-refractivity contribution in [3.8, 4) is 11.8 Å². The van der Waals surface area contributed by atoms with Gasteiger partial charge in [-0.3, -0.25) is 9.36 Å². The zero-order valence-corrected chi connectivity index (χ0v) is 25.3. The van der Waals surface area contributed by atoms with E-state index in [4.69, 9.17) is 0 Å². The van der Waals surface area contributed by atoms with E-state index in [2.05, 4.69) is 44.4 Å². The summed E-state index contributed by atoms with van der Waals surface area (Å²) in [7, 11) is 2.11. The number of aromatic nitrogens is 3. The summed E-state index contributed by atoms with van der Waals surface area (Å²) in [6, 6.07) is 15.4. The van der Waals surface area contributed by atoms with Crippen molar-refractivity contribution in [3.05, 3.63) is 87.8 Å². The Bertz CT molecular complexity index is 1760. The van der Waals surface area contributed by atoms with Gasteiger partial charge < -0.3 is 15.5 Å². The molecular formula is C35H37F3N6O. The zero-order valence-electron chi connectivity index (χ0n) is 25.3. The van der Waals surface area contributed by atoms with Crippen molar-refractivity contribution in [2.75, 3.05) is 30.4 Å². The lowest BCUT2D eigenvalue weighted by atomic mass is 9.90. The summed E-state index contributed by atoms with van der Waals surface area (Å²) in [5.41, 5.74) is 1.04. The Balaban J connectivity index is 1.34. The lowest BCUT2D eigenvalue weighted by molar-refractivity contribution is -0.138. The average Bonchev–Trinajstić information content (AvgIpc) is 3.06. The summed E-state index contributed by atoms with van der Waals surface area (Å²) in [5.74, 6) is 6.74. The molecule has 1 aliphatic carbocycles. The molecule has 45 heavy (non-hydrogen) atoms. The van der Waals surface area contributed by atoms with Crippen molar-refractivity contribution in [2.24, 2.45) is 5.92 Å². The third-order valence-corrected chi connectivity index (χ3v) is 8.88. The highest BCUT2D eigenvalue weighted by atomic mass is 19.4. The molecule has 3 heterocycles. The van der Waals surface area contributed by atoms with E-state index in [1.165, 1.54) is 23.1 Å². The highest BCUT2D eigenvalue weighted by Crippen LogP contribution is 2.32. The topological polar surface area (TPSA) is 75.1 Å². The van der Waals surface area contributed by atoms with Crippen molar-refractivity contribution in [3.63, 3.8) is 0 Å². The predicted octanol–water partition coefficient (Wildman–Crippen LogP) is 6.72. The number of nitrogens with zero attached hydrogens (tertiary/aromatic N) is 4. The smallest absolute Gasteiger partial charge is 0.372 e. The van der Waals surface area contributed by atoms with Crippen molar-refractivity contribution in [1.29, 1.82) is 0 Å². The van der Waals surface area contributed by atoms with Crippen molar-refractivity contribution >= 4 is 28.4 Å². The van der Waals surface area contributed by atoms with Crippen molar-refractivity contribution < 1.29 is 13.2 Å². The van der Waals surface area contributed by atoms with E-state index >= 15 is 0 Å². The third kappa shape index (κ3) is 7.15. The van der Waals surface area contributed by atoms with Gasteiger partial charge in [0.1, 0.15) is 5.65 Å². The second-order valence-electron chi connectivity index (χ2n) is 11.9. The second kappa shape index (κ2) is 13.3. The number of piperidine rings is 1. The molecule has 2 fully saturated rings. The van der Waals surface area contributed by atoms with E-state index in [9.17, 15) is 18.0 Å². The maximum absolute atomic E-state index is 13.9. The summed E-state index contributed by atoms with van der Waals surface area (Å²) in [5, 5.41) is 7.12. The Morgan fingerprint density at radius 3 is 2.49 bits per heavy atom. The molecule has 0 amide bonds. The molecule has 0 atom stereocenters. The SMILES string of the molecule is CN(c1ccc(Nc2ncc3cc(C#CC4CCCCC4)c(=O)n(Cc4ccccc4C(F)(F)F)c3n2)cc1)C1CCNCC1. The van der Waals surface area contributed by atoms with Gasteiger partial charge in [0, 0.05) is 42.0 Å². The van der Waals surface area contributed by atoms with Crippen LogP contribution in [0.1, 0.15) is 61.6 Å². The summed E-state index contributed by atoms with van der Waals surface area (Å²) in [6.07, 6.45) is 4.57. The molecule has 2 aromatic carbocycles. The van der Waals surface area contributed by atoms with Crippen molar-refractivity contribution in [2.45, 2.75) is 63.7 Å². The molecule has 1 aliphatic heterocycles.